The Labute approximate surface area is 135 Å². The minimum atomic E-state index is 0.00603. The molecule has 2 nitrogen and oxygen atoms in total. The van der Waals surface area contributed by atoms with Crippen molar-refractivity contribution in [1.29, 1.82) is 0 Å². The van der Waals surface area contributed by atoms with Crippen molar-refractivity contribution in [3.63, 3.8) is 0 Å². The van der Waals surface area contributed by atoms with E-state index in [0.717, 1.165) is 16.6 Å². The van der Waals surface area contributed by atoms with Gasteiger partial charge in [0.1, 0.15) is 5.75 Å². The molecule has 0 bridgehead atoms. The summed E-state index contributed by atoms with van der Waals surface area (Å²) in [7, 11) is 1.67. The van der Waals surface area contributed by atoms with Crippen LogP contribution in [0.25, 0.3) is 0 Å². The zero-order chi connectivity index (χ0) is 15.4. The average Bonchev–Trinajstić information content (AvgIpc) is 2.47. The molecule has 1 atom stereocenters. The summed E-state index contributed by atoms with van der Waals surface area (Å²) in [6.45, 7) is 4.40. The fraction of sp³-hybridized carbons (Fsp3) is 0.333. The highest BCUT2D eigenvalue weighted by atomic mass is 79.9. The summed E-state index contributed by atoms with van der Waals surface area (Å²) in [6, 6.07) is 14.7. The van der Waals surface area contributed by atoms with Gasteiger partial charge in [-0.05, 0) is 57.1 Å². The molecule has 0 aliphatic carbocycles. The maximum Gasteiger partial charge on any atom is 0.133 e. The van der Waals surface area contributed by atoms with Gasteiger partial charge < -0.3 is 10.5 Å². The van der Waals surface area contributed by atoms with Crippen LogP contribution in [-0.2, 0) is 6.42 Å². The Bertz CT molecular complexity index is 593. The second-order valence-electron chi connectivity index (χ2n) is 5.60. The lowest BCUT2D eigenvalue weighted by atomic mass is 9.96. The number of nitrogens with two attached hydrogens (primary N) is 1. The first-order valence-electron chi connectivity index (χ1n) is 7.19. The van der Waals surface area contributed by atoms with E-state index in [1.165, 1.54) is 16.7 Å². The van der Waals surface area contributed by atoms with Crippen LogP contribution in [0, 0.1) is 0 Å². The Kier molecular flexibility index (Phi) is 5.43. The second kappa shape index (κ2) is 7.10. The maximum absolute atomic E-state index is 6.33. The van der Waals surface area contributed by atoms with Crippen molar-refractivity contribution in [2.24, 2.45) is 5.73 Å². The fourth-order valence-electron chi connectivity index (χ4n) is 2.34. The van der Waals surface area contributed by atoms with Gasteiger partial charge in [0.25, 0.3) is 0 Å². The van der Waals surface area contributed by atoms with Crippen LogP contribution in [0.4, 0.5) is 0 Å². The predicted molar refractivity (Wildman–Crippen MR) is 91.9 cm³/mol. The molecule has 112 valence electrons. The van der Waals surface area contributed by atoms with Crippen LogP contribution >= 0.6 is 15.9 Å². The third kappa shape index (κ3) is 4.08. The Morgan fingerprint density at radius 1 is 1.05 bits per heavy atom. The Morgan fingerprint density at radius 2 is 1.67 bits per heavy atom. The predicted octanol–water partition coefficient (Wildman–Crippen LogP) is 4.82. The SMILES string of the molecule is COc1ccc(CC(N)c2ccc(C(C)C)cc2)cc1Br. The van der Waals surface area contributed by atoms with Crippen LogP contribution in [0.3, 0.4) is 0 Å². The van der Waals surface area contributed by atoms with Crippen LogP contribution in [0.2, 0.25) is 0 Å². The van der Waals surface area contributed by atoms with Crippen molar-refractivity contribution in [1.82, 2.24) is 0 Å². The van der Waals surface area contributed by atoms with Crippen molar-refractivity contribution in [2.75, 3.05) is 7.11 Å². The quantitative estimate of drug-likeness (QED) is 0.840. The molecular weight excluding hydrogens is 326 g/mol. The molecule has 1 unspecified atom stereocenters. The largest absolute Gasteiger partial charge is 0.496 e. The highest BCUT2D eigenvalue weighted by molar-refractivity contribution is 9.10. The van der Waals surface area contributed by atoms with E-state index >= 15 is 0 Å². The molecule has 0 spiro atoms. The van der Waals surface area contributed by atoms with E-state index < -0.39 is 0 Å². The summed E-state index contributed by atoms with van der Waals surface area (Å²) < 4.78 is 6.21. The summed E-state index contributed by atoms with van der Waals surface area (Å²) in [5.74, 6) is 1.39. The molecule has 0 amide bonds. The second-order valence-corrected chi connectivity index (χ2v) is 6.46. The summed E-state index contributed by atoms with van der Waals surface area (Å²) in [5.41, 5.74) is 10.0. The lowest BCUT2D eigenvalue weighted by Crippen LogP contribution is -2.13. The maximum atomic E-state index is 6.33. The standard InChI is InChI=1S/C18H22BrNO/c1-12(2)14-5-7-15(8-6-14)17(20)11-13-4-9-18(21-3)16(19)10-13/h4-10,12,17H,11,20H2,1-3H3. The topological polar surface area (TPSA) is 35.2 Å². The van der Waals surface area contributed by atoms with Gasteiger partial charge in [-0.3, -0.25) is 0 Å². The van der Waals surface area contributed by atoms with Gasteiger partial charge in [-0.2, -0.15) is 0 Å². The first-order chi connectivity index (χ1) is 10.0. The average molecular weight is 348 g/mol. The van der Waals surface area contributed by atoms with Gasteiger partial charge >= 0.3 is 0 Å². The summed E-state index contributed by atoms with van der Waals surface area (Å²) in [6.07, 6.45) is 0.809. The lowest BCUT2D eigenvalue weighted by Gasteiger charge is -2.14. The number of halogens is 1. The molecule has 0 aliphatic heterocycles. The number of rotatable bonds is 5. The van der Waals surface area contributed by atoms with E-state index in [9.17, 15) is 0 Å². The molecule has 0 aliphatic rings. The summed E-state index contributed by atoms with van der Waals surface area (Å²) in [5, 5.41) is 0. The van der Waals surface area contributed by atoms with Crippen LogP contribution in [0.5, 0.6) is 5.75 Å². The van der Waals surface area contributed by atoms with E-state index in [0.29, 0.717) is 5.92 Å². The van der Waals surface area contributed by atoms with E-state index in [1.54, 1.807) is 7.11 Å². The van der Waals surface area contributed by atoms with Gasteiger partial charge in [-0.15, -0.1) is 0 Å². The van der Waals surface area contributed by atoms with Crippen LogP contribution in [-0.4, -0.2) is 7.11 Å². The third-order valence-corrected chi connectivity index (χ3v) is 4.32. The molecule has 21 heavy (non-hydrogen) atoms. The van der Waals surface area contributed by atoms with Gasteiger partial charge in [0.05, 0.1) is 11.6 Å². The number of methoxy groups -OCH3 is 1. The normalized spacial score (nSPS) is 12.5. The Morgan fingerprint density at radius 3 is 2.19 bits per heavy atom. The van der Waals surface area contributed by atoms with Crippen molar-refractivity contribution in [3.05, 3.63) is 63.6 Å². The molecule has 0 aromatic heterocycles. The van der Waals surface area contributed by atoms with Crippen LogP contribution in [0.1, 0.15) is 42.5 Å². The number of hydrogen-bond acceptors (Lipinski definition) is 2. The van der Waals surface area contributed by atoms with Gasteiger partial charge in [-0.25, -0.2) is 0 Å². The van der Waals surface area contributed by atoms with Gasteiger partial charge in [0.15, 0.2) is 0 Å². The van der Waals surface area contributed by atoms with Gasteiger partial charge in [0, 0.05) is 6.04 Å². The summed E-state index contributed by atoms with van der Waals surface area (Å²) >= 11 is 3.51. The zero-order valence-corrected chi connectivity index (χ0v) is 14.4. The van der Waals surface area contributed by atoms with Crippen molar-refractivity contribution in [3.8, 4) is 5.75 Å². The zero-order valence-electron chi connectivity index (χ0n) is 12.8. The van der Waals surface area contributed by atoms with E-state index in [1.807, 2.05) is 6.07 Å². The van der Waals surface area contributed by atoms with Crippen molar-refractivity contribution in [2.45, 2.75) is 32.2 Å². The minimum Gasteiger partial charge on any atom is -0.496 e. The van der Waals surface area contributed by atoms with Crippen LogP contribution < -0.4 is 10.5 Å². The third-order valence-electron chi connectivity index (χ3n) is 3.70. The molecule has 0 heterocycles. The number of hydrogen-bond donors (Lipinski definition) is 1. The number of ether oxygens (including phenoxy) is 1. The minimum absolute atomic E-state index is 0.00603. The molecule has 0 fully saturated rings. The Balaban J connectivity index is 2.10. The molecule has 0 saturated carbocycles. The smallest absolute Gasteiger partial charge is 0.133 e. The molecule has 3 heteroatoms. The first kappa shape index (κ1) is 16.1. The highest BCUT2D eigenvalue weighted by Crippen LogP contribution is 2.27. The molecule has 2 aromatic rings. The molecule has 2 N–H and O–H groups in total. The van der Waals surface area contributed by atoms with Gasteiger partial charge in [0.2, 0.25) is 0 Å². The molecule has 0 radical (unpaired) electrons. The molecule has 0 saturated heterocycles. The number of benzene rings is 2. The molecule has 2 aromatic carbocycles. The fourth-order valence-corrected chi connectivity index (χ4v) is 2.92. The Hall–Kier alpha value is -1.32. The first-order valence-corrected chi connectivity index (χ1v) is 7.98. The monoisotopic (exact) mass is 347 g/mol. The van der Waals surface area contributed by atoms with Crippen molar-refractivity contribution < 1.29 is 4.74 Å². The van der Waals surface area contributed by atoms with E-state index in [2.05, 4.69) is 66.2 Å². The molecular formula is C18H22BrNO. The van der Waals surface area contributed by atoms with Crippen LogP contribution in [0.15, 0.2) is 46.9 Å². The lowest BCUT2D eigenvalue weighted by molar-refractivity contribution is 0.412. The van der Waals surface area contributed by atoms with E-state index in [4.69, 9.17) is 10.5 Å². The van der Waals surface area contributed by atoms with Crippen molar-refractivity contribution >= 4 is 15.9 Å². The molecule has 2 rings (SSSR count). The highest BCUT2D eigenvalue weighted by Gasteiger charge is 2.09. The van der Waals surface area contributed by atoms with E-state index in [-0.39, 0.29) is 6.04 Å². The van der Waals surface area contributed by atoms with Gasteiger partial charge in [-0.1, -0.05) is 44.2 Å². The summed E-state index contributed by atoms with van der Waals surface area (Å²) in [4.78, 5) is 0.